The fraction of sp³-hybridized carbons (Fsp3) is 0.500. The molecule has 5 heteroatoms. The number of aliphatic hydroxyl groups is 1. The van der Waals surface area contributed by atoms with Crippen LogP contribution in [-0.4, -0.2) is 34.3 Å². The molecule has 1 saturated heterocycles. The predicted octanol–water partition coefficient (Wildman–Crippen LogP) is 0.810. The Morgan fingerprint density at radius 2 is 2.38 bits per heavy atom. The third kappa shape index (κ3) is 1.97. The first-order valence-corrected chi connectivity index (χ1v) is 4.95. The van der Waals surface area contributed by atoms with Crippen molar-refractivity contribution in [3.63, 3.8) is 0 Å². The molecule has 1 unspecified atom stereocenters. The number of β-amino-alcohol motifs (C(OH)–C–C–N with tert-alkyl or cyclic N) is 1. The van der Waals surface area contributed by atoms with Crippen molar-refractivity contribution in [3.8, 4) is 0 Å². The van der Waals surface area contributed by atoms with E-state index < -0.39 is 0 Å². The van der Waals surface area contributed by atoms with Crippen LogP contribution >= 0.6 is 15.9 Å². The van der Waals surface area contributed by atoms with Crippen LogP contribution in [0.3, 0.4) is 0 Å². The smallest absolute Gasteiger partial charge is 0.133 e. The Morgan fingerprint density at radius 3 is 3.00 bits per heavy atom. The molecule has 4 nitrogen and oxygen atoms in total. The summed E-state index contributed by atoms with van der Waals surface area (Å²) in [5.41, 5.74) is 0. The highest BCUT2D eigenvalue weighted by Crippen LogP contribution is 2.19. The normalized spacial score (nSPS) is 22.3. The molecule has 0 radical (unpaired) electrons. The van der Waals surface area contributed by atoms with Crippen molar-refractivity contribution >= 4 is 21.7 Å². The van der Waals surface area contributed by atoms with Gasteiger partial charge in [-0.3, -0.25) is 0 Å². The average Bonchev–Trinajstić information content (AvgIpc) is 2.52. The van der Waals surface area contributed by atoms with Gasteiger partial charge in [0.25, 0.3) is 0 Å². The number of hydrogen-bond acceptors (Lipinski definition) is 4. The molecule has 1 N–H and O–H groups in total. The molecule has 0 saturated carbocycles. The Hall–Kier alpha value is -0.680. The predicted molar refractivity (Wildman–Crippen MR) is 52.6 cm³/mol. The Kier molecular flexibility index (Phi) is 2.46. The zero-order valence-corrected chi connectivity index (χ0v) is 8.61. The van der Waals surface area contributed by atoms with Crippen molar-refractivity contribution in [1.29, 1.82) is 0 Å². The SMILES string of the molecule is OC1CCN(c2cc(Br)ncn2)C1. The zero-order valence-electron chi connectivity index (χ0n) is 7.02. The van der Waals surface area contributed by atoms with E-state index in [2.05, 4.69) is 30.8 Å². The largest absolute Gasteiger partial charge is 0.391 e. The van der Waals surface area contributed by atoms with E-state index in [4.69, 9.17) is 0 Å². The number of anilines is 1. The first-order chi connectivity index (χ1) is 6.25. The van der Waals surface area contributed by atoms with Crippen molar-refractivity contribution < 1.29 is 5.11 Å². The van der Waals surface area contributed by atoms with Gasteiger partial charge in [0.05, 0.1) is 6.10 Å². The molecule has 0 bridgehead atoms. The maximum atomic E-state index is 9.33. The molecule has 13 heavy (non-hydrogen) atoms. The second kappa shape index (κ2) is 3.59. The number of hydrogen-bond donors (Lipinski definition) is 1. The second-order valence-corrected chi connectivity index (χ2v) is 3.90. The molecule has 1 aliphatic rings. The third-order valence-corrected chi connectivity index (χ3v) is 2.54. The molecule has 2 heterocycles. The van der Waals surface area contributed by atoms with Crippen LogP contribution in [-0.2, 0) is 0 Å². The number of nitrogens with zero attached hydrogens (tertiary/aromatic N) is 3. The van der Waals surface area contributed by atoms with Crippen LogP contribution in [0.2, 0.25) is 0 Å². The Morgan fingerprint density at radius 1 is 1.54 bits per heavy atom. The van der Waals surface area contributed by atoms with Crippen LogP contribution in [0, 0.1) is 0 Å². The van der Waals surface area contributed by atoms with Crippen molar-refractivity contribution in [1.82, 2.24) is 9.97 Å². The summed E-state index contributed by atoms with van der Waals surface area (Å²) in [6.07, 6.45) is 2.12. The van der Waals surface area contributed by atoms with Gasteiger partial charge in [0, 0.05) is 19.2 Å². The van der Waals surface area contributed by atoms with Gasteiger partial charge in [0.1, 0.15) is 16.7 Å². The van der Waals surface area contributed by atoms with Gasteiger partial charge in [0.2, 0.25) is 0 Å². The molecule has 1 atom stereocenters. The molecular weight excluding hydrogens is 234 g/mol. The third-order valence-electron chi connectivity index (χ3n) is 2.11. The van der Waals surface area contributed by atoms with E-state index in [0.717, 1.165) is 23.4 Å². The summed E-state index contributed by atoms with van der Waals surface area (Å²) in [5, 5.41) is 9.33. The number of aliphatic hydroxyl groups excluding tert-OH is 1. The highest BCUT2D eigenvalue weighted by Gasteiger charge is 2.21. The monoisotopic (exact) mass is 243 g/mol. The van der Waals surface area contributed by atoms with Gasteiger partial charge < -0.3 is 10.0 Å². The van der Waals surface area contributed by atoms with Crippen LogP contribution < -0.4 is 4.90 Å². The van der Waals surface area contributed by atoms with Gasteiger partial charge in [-0.15, -0.1) is 0 Å². The van der Waals surface area contributed by atoms with Gasteiger partial charge in [0.15, 0.2) is 0 Å². The van der Waals surface area contributed by atoms with E-state index in [-0.39, 0.29) is 6.10 Å². The quantitative estimate of drug-likeness (QED) is 0.742. The minimum absolute atomic E-state index is 0.214. The Labute approximate surface area is 84.7 Å². The van der Waals surface area contributed by atoms with Gasteiger partial charge in [-0.2, -0.15) is 0 Å². The lowest BCUT2D eigenvalue weighted by molar-refractivity contribution is 0.198. The highest BCUT2D eigenvalue weighted by atomic mass is 79.9. The Balaban J connectivity index is 2.16. The minimum Gasteiger partial charge on any atom is -0.391 e. The molecule has 1 aliphatic heterocycles. The molecule has 0 aromatic carbocycles. The molecule has 1 aromatic rings. The Bertz CT molecular complexity index is 307. The summed E-state index contributed by atoms with van der Waals surface area (Å²) in [6, 6.07) is 1.86. The molecule has 1 aromatic heterocycles. The van der Waals surface area contributed by atoms with Gasteiger partial charge in [-0.1, -0.05) is 0 Å². The first kappa shape index (κ1) is 8.90. The summed E-state index contributed by atoms with van der Waals surface area (Å²) >= 11 is 3.28. The van der Waals surface area contributed by atoms with E-state index >= 15 is 0 Å². The number of aromatic nitrogens is 2. The lowest BCUT2D eigenvalue weighted by Crippen LogP contribution is -2.22. The van der Waals surface area contributed by atoms with Crippen molar-refractivity contribution in [2.45, 2.75) is 12.5 Å². The van der Waals surface area contributed by atoms with Crippen LogP contribution in [0.5, 0.6) is 0 Å². The van der Waals surface area contributed by atoms with Crippen LogP contribution in [0.4, 0.5) is 5.82 Å². The fourth-order valence-electron chi connectivity index (χ4n) is 1.45. The maximum absolute atomic E-state index is 9.33. The van der Waals surface area contributed by atoms with Gasteiger partial charge in [-0.25, -0.2) is 9.97 Å². The minimum atomic E-state index is -0.214. The lowest BCUT2D eigenvalue weighted by atomic mass is 10.3. The van der Waals surface area contributed by atoms with Crippen LogP contribution in [0.25, 0.3) is 0 Å². The summed E-state index contributed by atoms with van der Waals surface area (Å²) in [4.78, 5) is 10.1. The van der Waals surface area contributed by atoms with E-state index in [1.54, 1.807) is 0 Å². The summed E-state index contributed by atoms with van der Waals surface area (Å²) in [6.45, 7) is 1.54. The molecule has 1 fully saturated rings. The standard InChI is InChI=1S/C8H10BrN3O/c9-7-3-8(11-5-10-7)12-2-1-6(13)4-12/h3,5-6,13H,1-2,4H2. The zero-order chi connectivity index (χ0) is 9.26. The van der Waals surface area contributed by atoms with E-state index in [1.165, 1.54) is 6.33 Å². The van der Waals surface area contributed by atoms with Crippen LogP contribution in [0.1, 0.15) is 6.42 Å². The van der Waals surface area contributed by atoms with E-state index in [0.29, 0.717) is 6.54 Å². The fourth-order valence-corrected chi connectivity index (χ4v) is 1.74. The van der Waals surface area contributed by atoms with Gasteiger partial charge >= 0.3 is 0 Å². The number of rotatable bonds is 1. The van der Waals surface area contributed by atoms with E-state index in [9.17, 15) is 5.11 Å². The van der Waals surface area contributed by atoms with Crippen molar-refractivity contribution in [3.05, 3.63) is 17.0 Å². The van der Waals surface area contributed by atoms with Crippen LogP contribution in [0.15, 0.2) is 17.0 Å². The number of halogens is 1. The highest BCUT2D eigenvalue weighted by molar-refractivity contribution is 9.10. The molecule has 70 valence electrons. The maximum Gasteiger partial charge on any atom is 0.133 e. The summed E-state index contributed by atoms with van der Waals surface area (Å²) < 4.78 is 0.777. The van der Waals surface area contributed by atoms with Crippen molar-refractivity contribution in [2.75, 3.05) is 18.0 Å². The summed E-state index contributed by atoms with van der Waals surface area (Å²) in [7, 11) is 0. The molecule has 0 amide bonds. The average molecular weight is 244 g/mol. The summed E-state index contributed by atoms with van der Waals surface area (Å²) in [5.74, 6) is 0.874. The molecule has 0 spiro atoms. The molecule has 2 rings (SSSR count). The molecule has 0 aliphatic carbocycles. The molecular formula is C8H10BrN3O. The van der Waals surface area contributed by atoms with Gasteiger partial charge in [-0.05, 0) is 22.4 Å². The second-order valence-electron chi connectivity index (χ2n) is 3.09. The van der Waals surface area contributed by atoms with Crippen molar-refractivity contribution in [2.24, 2.45) is 0 Å². The van der Waals surface area contributed by atoms with E-state index in [1.807, 2.05) is 6.07 Å². The topological polar surface area (TPSA) is 49.2 Å². The lowest BCUT2D eigenvalue weighted by Gasteiger charge is -2.15. The first-order valence-electron chi connectivity index (χ1n) is 4.16.